The maximum Gasteiger partial charge on any atom is 0.254 e. The van der Waals surface area contributed by atoms with Gasteiger partial charge in [0.1, 0.15) is 42.2 Å². The molecule has 6 heteroatoms. The molecule has 0 radical (unpaired) electrons. The Kier molecular flexibility index (Phi) is 10.2. The number of rotatable bonds is 13. The molecule has 2 aromatic heterocycles. The molecule has 0 bridgehead atoms. The van der Waals surface area contributed by atoms with Crippen LogP contribution < -0.4 is 24.7 Å². The van der Waals surface area contributed by atoms with Crippen molar-refractivity contribution in [1.29, 1.82) is 0 Å². The lowest BCUT2D eigenvalue weighted by Crippen LogP contribution is -2.76. The molecule has 0 fully saturated rings. The quantitative estimate of drug-likeness (QED) is 0.100. The van der Waals surface area contributed by atoms with Crippen molar-refractivity contribution in [1.82, 2.24) is 4.57 Å². The van der Waals surface area contributed by atoms with Crippen LogP contribution in [-0.4, -0.2) is 11.1 Å². The lowest BCUT2D eigenvalue weighted by atomic mass is 10.1. The van der Waals surface area contributed by atoms with Crippen molar-refractivity contribution in [3.05, 3.63) is 195 Å². The zero-order valence-corrected chi connectivity index (χ0v) is 26.8. The molecule has 0 saturated heterocycles. The summed E-state index contributed by atoms with van der Waals surface area (Å²) in [5.41, 5.74) is 9.05. The number of anilines is 1. The number of allylic oxidation sites excluding steroid dienone is 2. The maximum absolute atomic E-state index is 4.29. The van der Waals surface area contributed by atoms with Crippen LogP contribution in [0.25, 0.3) is 22.6 Å². The number of imidazole rings is 1. The third kappa shape index (κ3) is 8.27. The first-order valence-corrected chi connectivity index (χ1v) is 16.0. The third-order valence-electron chi connectivity index (χ3n) is 8.09. The van der Waals surface area contributed by atoms with Gasteiger partial charge in [0.15, 0.2) is 12.4 Å². The third-order valence-corrected chi connectivity index (χ3v) is 8.09. The Hall–Kier alpha value is -5.82. The smallest absolute Gasteiger partial charge is 0.254 e. The predicted molar refractivity (Wildman–Crippen MR) is 189 cm³/mol. The Morgan fingerprint density at radius 3 is 2.09 bits per heavy atom. The van der Waals surface area contributed by atoms with Gasteiger partial charge in [-0.3, -0.25) is 5.32 Å². The van der Waals surface area contributed by atoms with Gasteiger partial charge >= 0.3 is 0 Å². The van der Waals surface area contributed by atoms with Crippen LogP contribution in [0.4, 0.5) is 11.4 Å². The Bertz CT molecular complexity index is 1920. The lowest BCUT2D eigenvalue weighted by Gasteiger charge is -2.17. The molecule has 232 valence electrons. The van der Waals surface area contributed by atoms with E-state index in [0.29, 0.717) is 0 Å². The van der Waals surface area contributed by atoms with Crippen LogP contribution >= 0.6 is 0 Å². The maximum atomic E-state index is 4.29. The van der Waals surface area contributed by atoms with E-state index in [1.165, 1.54) is 11.3 Å². The molecule has 6 aromatic rings. The molecule has 0 saturated carbocycles. The van der Waals surface area contributed by atoms with Gasteiger partial charge in [0, 0.05) is 54.2 Å². The number of hydrogen-bond donors (Lipinski definition) is 2. The highest BCUT2D eigenvalue weighted by Crippen LogP contribution is 2.16. The molecule has 0 unspecified atom stereocenters. The van der Waals surface area contributed by atoms with Crippen molar-refractivity contribution in [2.45, 2.75) is 13.5 Å². The van der Waals surface area contributed by atoms with E-state index in [1.807, 2.05) is 6.07 Å². The van der Waals surface area contributed by atoms with Gasteiger partial charge in [-0.15, -0.1) is 0 Å². The molecule has 0 aliphatic heterocycles. The van der Waals surface area contributed by atoms with Crippen molar-refractivity contribution < 1.29 is 19.8 Å². The van der Waals surface area contributed by atoms with Gasteiger partial charge in [0.25, 0.3) is 6.33 Å². The molecular weight excluding hydrogens is 576 g/mol. The molecule has 4 N–H and O–H groups in total. The van der Waals surface area contributed by atoms with Crippen molar-refractivity contribution in [3.63, 3.8) is 0 Å². The van der Waals surface area contributed by atoms with Crippen LogP contribution in [0.1, 0.15) is 18.1 Å². The first-order chi connectivity index (χ1) is 23.2. The number of aromatic nitrogens is 3. The number of nitrogens with two attached hydrogens (primary N) is 2. The number of para-hydroxylation sites is 1. The highest BCUT2D eigenvalue weighted by Gasteiger charge is 2.11. The second kappa shape index (κ2) is 15.5. The minimum absolute atomic E-state index is 0.907. The zero-order chi connectivity index (χ0) is 32.3. The highest BCUT2D eigenvalue weighted by atomic mass is 15.1. The summed E-state index contributed by atoms with van der Waals surface area (Å²) in [6.07, 6.45) is 18.8. The summed E-state index contributed by atoms with van der Waals surface area (Å²) in [5.74, 6) is 0. The number of nitrogens with zero attached hydrogens (tertiary/aromatic N) is 4. The molecular formula is C41H42N6+4. The van der Waals surface area contributed by atoms with E-state index < -0.39 is 0 Å². The standard InChI is InChI=1S/C41H40N6/c1-3-44(29-26-42-32-35-10-6-4-7-11-35)39-16-14-37(15-17-39)43-25-22-34(2)36-23-27-45(28-24-36)40-18-20-41(21-19-40)47-31-30-46(33-47)38-12-8-5-9-13-38/h4-31,33,42-43H,2-3,32H2,1H3/q+2/p+2/b25-22-,29-26-. The van der Waals surface area contributed by atoms with E-state index in [-0.39, 0.29) is 0 Å². The fourth-order valence-corrected chi connectivity index (χ4v) is 5.38. The fourth-order valence-electron chi connectivity index (χ4n) is 5.38. The predicted octanol–water partition coefficient (Wildman–Crippen LogP) is 5.51. The Balaban J connectivity index is 0.998. The summed E-state index contributed by atoms with van der Waals surface area (Å²) in [5, 5.41) is 4.32. The summed E-state index contributed by atoms with van der Waals surface area (Å²) >= 11 is 0. The highest BCUT2D eigenvalue weighted by molar-refractivity contribution is 5.71. The molecule has 6 nitrogen and oxygen atoms in total. The van der Waals surface area contributed by atoms with Crippen LogP contribution in [0.5, 0.6) is 0 Å². The fraction of sp³-hybridized carbons (Fsp3) is 0.0732. The van der Waals surface area contributed by atoms with Crippen molar-refractivity contribution in [3.8, 4) is 17.1 Å². The van der Waals surface area contributed by atoms with Gasteiger partial charge in [-0.05, 0) is 60.5 Å². The van der Waals surface area contributed by atoms with Crippen LogP contribution in [-0.2, 0) is 6.54 Å². The molecule has 6 rings (SSSR count). The lowest BCUT2D eigenvalue weighted by molar-refractivity contribution is -0.604. The summed E-state index contributed by atoms with van der Waals surface area (Å²) in [6.45, 7) is 8.30. The molecule has 0 atom stereocenters. The molecule has 0 aliphatic rings. The second-order valence-corrected chi connectivity index (χ2v) is 11.3. The molecule has 0 aliphatic carbocycles. The molecule has 0 spiro atoms. The molecule has 2 heterocycles. The van der Waals surface area contributed by atoms with Crippen molar-refractivity contribution in [2.24, 2.45) is 0 Å². The van der Waals surface area contributed by atoms with E-state index in [1.54, 1.807) is 0 Å². The average Bonchev–Trinajstić information content (AvgIpc) is 3.64. The van der Waals surface area contributed by atoms with Crippen LogP contribution in [0, 0.1) is 0 Å². The van der Waals surface area contributed by atoms with Crippen molar-refractivity contribution in [2.75, 3.05) is 11.4 Å². The van der Waals surface area contributed by atoms with E-state index in [4.69, 9.17) is 0 Å². The molecule has 4 aromatic carbocycles. The molecule has 0 amide bonds. The first-order valence-electron chi connectivity index (χ1n) is 16.0. The number of pyridine rings is 1. The van der Waals surface area contributed by atoms with Crippen LogP contribution in [0.3, 0.4) is 0 Å². The van der Waals surface area contributed by atoms with Crippen molar-refractivity contribution >= 4 is 16.9 Å². The largest absolute Gasteiger partial charge is 0.343 e. The zero-order valence-electron chi connectivity index (χ0n) is 26.8. The van der Waals surface area contributed by atoms with Gasteiger partial charge in [-0.2, -0.15) is 4.57 Å². The van der Waals surface area contributed by atoms with Crippen LogP contribution in [0.15, 0.2) is 184 Å². The Morgan fingerprint density at radius 2 is 1.40 bits per heavy atom. The monoisotopic (exact) mass is 618 g/mol. The van der Waals surface area contributed by atoms with Gasteiger partial charge < -0.3 is 10.2 Å². The summed E-state index contributed by atoms with van der Waals surface area (Å²) in [4.78, 5) is 2.25. The van der Waals surface area contributed by atoms with E-state index >= 15 is 0 Å². The SMILES string of the molecule is C=C(/C=C\[NH2+]c1ccc(N(/C=C\[NH2+]Cc2ccccc2)CC)cc1)c1cc[n+](-c2ccc(-[n+]3ccn(-c4ccccc4)c3)cc2)cc1. The normalized spacial score (nSPS) is 11.3. The number of benzene rings is 4. The Labute approximate surface area is 277 Å². The summed E-state index contributed by atoms with van der Waals surface area (Å²) < 4.78 is 6.36. The minimum Gasteiger partial charge on any atom is -0.343 e. The van der Waals surface area contributed by atoms with E-state index in [9.17, 15) is 0 Å². The number of hydrogen-bond acceptors (Lipinski definition) is 1. The van der Waals surface area contributed by atoms with Gasteiger partial charge in [-0.25, -0.2) is 9.13 Å². The summed E-state index contributed by atoms with van der Waals surface area (Å²) in [6, 6.07) is 42.3. The Morgan fingerprint density at radius 1 is 0.745 bits per heavy atom. The topological polar surface area (TPSA) is 49.2 Å². The number of quaternary nitrogens is 2. The van der Waals surface area contributed by atoms with E-state index in [0.717, 1.165) is 47.0 Å². The summed E-state index contributed by atoms with van der Waals surface area (Å²) in [7, 11) is 0. The molecule has 47 heavy (non-hydrogen) atoms. The first kappa shape index (κ1) is 31.2. The average molecular weight is 619 g/mol. The van der Waals surface area contributed by atoms with E-state index in [2.05, 4.69) is 214 Å². The second-order valence-electron chi connectivity index (χ2n) is 11.3. The van der Waals surface area contributed by atoms with Gasteiger partial charge in [0.2, 0.25) is 5.69 Å². The van der Waals surface area contributed by atoms with Crippen LogP contribution in [0.2, 0.25) is 0 Å². The van der Waals surface area contributed by atoms with Gasteiger partial charge in [-0.1, -0.05) is 55.1 Å². The van der Waals surface area contributed by atoms with Gasteiger partial charge in [0.05, 0.1) is 12.4 Å². The minimum atomic E-state index is 0.907.